The van der Waals surface area contributed by atoms with Crippen LogP contribution < -0.4 is 4.74 Å². The third-order valence-electron chi connectivity index (χ3n) is 2.56. The summed E-state index contributed by atoms with van der Waals surface area (Å²) in [6.07, 6.45) is 0. The summed E-state index contributed by atoms with van der Waals surface area (Å²) in [4.78, 5) is 0. The molecular formula is C15H13NO2. The van der Waals surface area contributed by atoms with E-state index >= 15 is 0 Å². The maximum absolute atomic E-state index is 9.03. The molecule has 0 saturated heterocycles. The molecule has 1 N–H and O–H groups in total. The number of hydrogen-bond donors (Lipinski definition) is 1. The van der Waals surface area contributed by atoms with Gasteiger partial charge in [-0.15, -0.1) is 0 Å². The van der Waals surface area contributed by atoms with Crippen LogP contribution in [0.2, 0.25) is 0 Å². The van der Waals surface area contributed by atoms with Crippen LogP contribution >= 0.6 is 0 Å². The van der Waals surface area contributed by atoms with E-state index in [1.165, 1.54) is 0 Å². The Morgan fingerprint density at radius 3 is 2.44 bits per heavy atom. The van der Waals surface area contributed by atoms with Gasteiger partial charge >= 0.3 is 0 Å². The summed E-state index contributed by atoms with van der Waals surface area (Å²) in [7, 11) is 0. The molecular weight excluding hydrogens is 226 g/mol. The molecule has 2 aromatic rings. The SMILES string of the molecule is N#Cc1ccc(OCc2cccc(CO)c2)cc1. The summed E-state index contributed by atoms with van der Waals surface area (Å²) in [6.45, 7) is 0.477. The van der Waals surface area contributed by atoms with E-state index in [2.05, 4.69) is 6.07 Å². The van der Waals surface area contributed by atoms with E-state index in [9.17, 15) is 0 Å². The third-order valence-corrected chi connectivity index (χ3v) is 2.56. The average Bonchev–Trinajstić information content (AvgIpc) is 2.46. The molecule has 0 aliphatic rings. The fourth-order valence-electron chi connectivity index (χ4n) is 1.61. The first-order chi connectivity index (χ1) is 8.81. The zero-order valence-corrected chi connectivity index (χ0v) is 9.84. The minimum atomic E-state index is 0.0324. The predicted octanol–water partition coefficient (Wildman–Crippen LogP) is 2.63. The van der Waals surface area contributed by atoms with Crippen molar-refractivity contribution in [3.05, 3.63) is 65.2 Å². The molecule has 0 aliphatic carbocycles. The maximum atomic E-state index is 9.03. The Morgan fingerprint density at radius 2 is 1.78 bits per heavy atom. The summed E-state index contributed by atoms with van der Waals surface area (Å²) in [5.41, 5.74) is 2.49. The Balaban J connectivity index is 2.00. The summed E-state index contributed by atoms with van der Waals surface area (Å²) in [6, 6.07) is 16.7. The molecule has 0 unspecified atom stereocenters. The lowest BCUT2D eigenvalue weighted by molar-refractivity contribution is 0.280. The van der Waals surface area contributed by atoms with Crippen molar-refractivity contribution < 1.29 is 9.84 Å². The van der Waals surface area contributed by atoms with Gasteiger partial charge in [-0.1, -0.05) is 24.3 Å². The number of ether oxygens (including phenoxy) is 1. The van der Waals surface area contributed by atoms with Gasteiger partial charge in [0, 0.05) is 0 Å². The molecule has 18 heavy (non-hydrogen) atoms. The molecule has 0 aliphatic heterocycles. The molecule has 0 heterocycles. The summed E-state index contributed by atoms with van der Waals surface area (Å²) >= 11 is 0. The Bertz CT molecular complexity index is 555. The van der Waals surface area contributed by atoms with Gasteiger partial charge in [-0.25, -0.2) is 0 Å². The van der Waals surface area contributed by atoms with Crippen LogP contribution in [0.1, 0.15) is 16.7 Å². The van der Waals surface area contributed by atoms with Crippen LogP contribution in [0.4, 0.5) is 0 Å². The molecule has 0 saturated carbocycles. The Hall–Kier alpha value is -2.31. The second-order valence-electron chi connectivity index (χ2n) is 3.90. The zero-order chi connectivity index (χ0) is 12.8. The Kier molecular flexibility index (Phi) is 3.95. The molecule has 0 bridgehead atoms. The molecule has 2 rings (SSSR count). The third kappa shape index (κ3) is 3.09. The van der Waals surface area contributed by atoms with E-state index in [0.29, 0.717) is 12.2 Å². The standard InChI is InChI=1S/C15H13NO2/c16-9-12-4-6-15(7-5-12)18-11-14-3-1-2-13(8-14)10-17/h1-8,17H,10-11H2. The van der Waals surface area contributed by atoms with Gasteiger partial charge in [0.15, 0.2) is 0 Å². The van der Waals surface area contributed by atoms with Crippen LogP contribution in [0.15, 0.2) is 48.5 Å². The lowest BCUT2D eigenvalue weighted by Crippen LogP contribution is -1.96. The highest BCUT2D eigenvalue weighted by Crippen LogP contribution is 2.14. The Morgan fingerprint density at radius 1 is 1.06 bits per heavy atom. The van der Waals surface area contributed by atoms with Crippen LogP contribution in [-0.4, -0.2) is 5.11 Å². The van der Waals surface area contributed by atoms with Crippen molar-refractivity contribution in [3.63, 3.8) is 0 Å². The quantitative estimate of drug-likeness (QED) is 0.892. The van der Waals surface area contributed by atoms with Crippen molar-refractivity contribution in [2.45, 2.75) is 13.2 Å². The van der Waals surface area contributed by atoms with Crippen LogP contribution in [0, 0.1) is 11.3 Å². The first-order valence-corrected chi connectivity index (χ1v) is 5.63. The topological polar surface area (TPSA) is 53.2 Å². The van der Waals surface area contributed by atoms with Crippen molar-refractivity contribution in [1.29, 1.82) is 5.26 Å². The number of nitrogens with zero attached hydrogens (tertiary/aromatic N) is 1. The maximum Gasteiger partial charge on any atom is 0.119 e. The smallest absolute Gasteiger partial charge is 0.119 e. The minimum Gasteiger partial charge on any atom is -0.489 e. The second-order valence-corrected chi connectivity index (χ2v) is 3.90. The lowest BCUT2D eigenvalue weighted by atomic mass is 10.1. The van der Waals surface area contributed by atoms with Gasteiger partial charge in [0.25, 0.3) is 0 Å². The number of benzene rings is 2. The van der Waals surface area contributed by atoms with Crippen LogP contribution in [0.3, 0.4) is 0 Å². The van der Waals surface area contributed by atoms with Gasteiger partial charge in [-0.3, -0.25) is 0 Å². The van der Waals surface area contributed by atoms with Crippen molar-refractivity contribution in [2.24, 2.45) is 0 Å². The number of aliphatic hydroxyl groups excluding tert-OH is 1. The number of aliphatic hydroxyl groups is 1. The summed E-state index contributed by atoms with van der Waals surface area (Å²) in [5, 5.41) is 17.7. The van der Waals surface area contributed by atoms with E-state index in [0.717, 1.165) is 16.9 Å². The highest BCUT2D eigenvalue weighted by Gasteiger charge is 1.98. The van der Waals surface area contributed by atoms with Gasteiger partial charge in [-0.05, 0) is 35.4 Å². The predicted molar refractivity (Wildman–Crippen MR) is 67.9 cm³/mol. The van der Waals surface area contributed by atoms with Gasteiger partial charge in [-0.2, -0.15) is 5.26 Å². The highest BCUT2D eigenvalue weighted by molar-refractivity contribution is 5.34. The molecule has 2 aromatic carbocycles. The molecule has 0 radical (unpaired) electrons. The van der Waals surface area contributed by atoms with Gasteiger partial charge in [0.2, 0.25) is 0 Å². The fraction of sp³-hybridized carbons (Fsp3) is 0.133. The molecule has 3 nitrogen and oxygen atoms in total. The monoisotopic (exact) mass is 239 g/mol. The van der Waals surface area contributed by atoms with Crippen LogP contribution in [-0.2, 0) is 13.2 Å². The summed E-state index contributed by atoms with van der Waals surface area (Å²) in [5.74, 6) is 0.725. The molecule has 0 atom stereocenters. The van der Waals surface area contributed by atoms with E-state index in [4.69, 9.17) is 15.1 Å². The largest absolute Gasteiger partial charge is 0.489 e. The van der Waals surface area contributed by atoms with Crippen molar-refractivity contribution in [1.82, 2.24) is 0 Å². The van der Waals surface area contributed by atoms with E-state index < -0.39 is 0 Å². The first-order valence-electron chi connectivity index (χ1n) is 5.63. The molecule has 0 fully saturated rings. The average molecular weight is 239 g/mol. The van der Waals surface area contributed by atoms with Gasteiger partial charge in [0.1, 0.15) is 12.4 Å². The number of rotatable bonds is 4. The van der Waals surface area contributed by atoms with E-state index in [1.807, 2.05) is 24.3 Å². The fourth-order valence-corrected chi connectivity index (χ4v) is 1.61. The molecule has 0 amide bonds. The second kappa shape index (κ2) is 5.85. The van der Waals surface area contributed by atoms with Crippen LogP contribution in [0.5, 0.6) is 5.75 Å². The van der Waals surface area contributed by atoms with Crippen molar-refractivity contribution in [3.8, 4) is 11.8 Å². The lowest BCUT2D eigenvalue weighted by Gasteiger charge is -2.07. The van der Waals surface area contributed by atoms with E-state index in [-0.39, 0.29) is 6.61 Å². The molecule has 0 aromatic heterocycles. The van der Waals surface area contributed by atoms with Gasteiger partial charge < -0.3 is 9.84 Å². The normalized spacial score (nSPS) is 9.78. The van der Waals surface area contributed by atoms with Gasteiger partial charge in [0.05, 0.1) is 18.2 Å². The zero-order valence-electron chi connectivity index (χ0n) is 9.84. The number of hydrogen-bond acceptors (Lipinski definition) is 3. The van der Waals surface area contributed by atoms with Crippen molar-refractivity contribution >= 4 is 0 Å². The summed E-state index contributed by atoms with van der Waals surface area (Å²) < 4.78 is 5.60. The minimum absolute atomic E-state index is 0.0324. The first kappa shape index (κ1) is 12.2. The highest BCUT2D eigenvalue weighted by atomic mass is 16.5. The number of nitriles is 1. The molecule has 90 valence electrons. The molecule has 0 spiro atoms. The Labute approximate surface area is 106 Å². The van der Waals surface area contributed by atoms with Crippen LogP contribution in [0.25, 0.3) is 0 Å². The molecule has 3 heteroatoms. The van der Waals surface area contributed by atoms with E-state index in [1.54, 1.807) is 24.3 Å². The van der Waals surface area contributed by atoms with Crippen molar-refractivity contribution in [2.75, 3.05) is 0 Å².